The number of nitrogens with zero attached hydrogens (tertiary/aromatic N) is 1. The van der Waals surface area contributed by atoms with Crippen LogP contribution < -0.4 is 5.32 Å². The van der Waals surface area contributed by atoms with Crippen LogP contribution in [-0.2, 0) is 29.5 Å². The molecule has 1 unspecified atom stereocenters. The van der Waals surface area contributed by atoms with Gasteiger partial charge in [0.25, 0.3) is 0 Å². The van der Waals surface area contributed by atoms with Crippen LogP contribution in [0.5, 0.6) is 0 Å². The van der Waals surface area contributed by atoms with Crippen LogP contribution in [0.15, 0.2) is 10.6 Å². The molecule has 8 nitrogen and oxygen atoms in total. The molecule has 3 aliphatic rings. The number of aromatic nitrogens is 1. The molecule has 0 spiro atoms. The highest BCUT2D eigenvalue weighted by atomic mass is 32.2. The van der Waals surface area contributed by atoms with Crippen LogP contribution >= 0.6 is 0 Å². The second kappa shape index (κ2) is 9.43. The molecule has 180 valence electrons. The zero-order valence-electron chi connectivity index (χ0n) is 19.2. The Hall–Kier alpha value is -1.45. The number of amides is 1. The second-order valence-electron chi connectivity index (χ2n) is 10.1. The number of anilines is 1. The summed E-state index contributed by atoms with van der Waals surface area (Å²) in [5, 5.41) is 6.46. The predicted molar refractivity (Wildman–Crippen MR) is 120 cm³/mol. The molecule has 1 N–H and O–H groups in total. The van der Waals surface area contributed by atoms with Crippen molar-refractivity contribution in [2.24, 2.45) is 0 Å². The van der Waals surface area contributed by atoms with Crippen LogP contribution in [0, 0.1) is 0 Å². The lowest BCUT2D eigenvalue weighted by Gasteiger charge is -2.30. The van der Waals surface area contributed by atoms with Crippen LogP contribution in [0.25, 0.3) is 0 Å². The number of hydrogen-bond acceptors (Lipinski definition) is 7. The maximum absolute atomic E-state index is 13.1. The SMILES string of the molecule is CC(C)(C(=O)Nc1cc(C2(COC3CCCCO3)CCCC2)no1)S(=O)(=O)C1CCCC1. The average molecular weight is 469 g/mol. The van der Waals surface area contributed by atoms with Crippen molar-refractivity contribution in [1.82, 2.24) is 5.16 Å². The molecule has 4 rings (SSSR count). The largest absolute Gasteiger partial charge is 0.353 e. The third-order valence-corrected chi connectivity index (χ3v) is 10.5. The van der Waals surface area contributed by atoms with Crippen molar-refractivity contribution in [3.63, 3.8) is 0 Å². The summed E-state index contributed by atoms with van der Waals surface area (Å²) in [5.74, 6) is -0.403. The molecule has 2 aliphatic carbocycles. The molecule has 32 heavy (non-hydrogen) atoms. The fourth-order valence-electron chi connectivity index (χ4n) is 5.21. The minimum absolute atomic E-state index is 0.172. The van der Waals surface area contributed by atoms with E-state index in [0.29, 0.717) is 19.4 Å². The van der Waals surface area contributed by atoms with Crippen molar-refractivity contribution in [2.45, 2.75) is 106 Å². The molecule has 1 aliphatic heterocycles. The van der Waals surface area contributed by atoms with Crippen molar-refractivity contribution in [1.29, 1.82) is 0 Å². The van der Waals surface area contributed by atoms with Gasteiger partial charge in [-0.2, -0.15) is 0 Å². The molecule has 3 fully saturated rings. The van der Waals surface area contributed by atoms with E-state index in [9.17, 15) is 13.2 Å². The quantitative estimate of drug-likeness (QED) is 0.612. The van der Waals surface area contributed by atoms with E-state index in [-0.39, 0.29) is 17.6 Å². The number of hydrogen-bond donors (Lipinski definition) is 1. The Labute approximate surface area is 190 Å². The Morgan fingerprint density at radius 1 is 1.16 bits per heavy atom. The van der Waals surface area contributed by atoms with Gasteiger partial charge in [-0.15, -0.1) is 0 Å². The zero-order chi connectivity index (χ0) is 22.8. The maximum atomic E-state index is 13.1. The predicted octanol–water partition coefficient (Wildman–Crippen LogP) is 4.10. The molecule has 1 atom stereocenters. The second-order valence-corrected chi connectivity index (χ2v) is 12.9. The fraction of sp³-hybridized carbons (Fsp3) is 0.826. The first-order chi connectivity index (χ1) is 15.2. The van der Waals surface area contributed by atoms with Gasteiger partial charge < -0.3 is 14.0 Å². The van der Waals surface area contributed by atoms with E-state index < -0.39 is 25.7 Å². The van der Waals surface area contributed by atoms with E-state index in [0.717, 1.165) is 70.1 Å². The minimum Gasteiger partial charge on any atom is -0.353 e. The van der Waals surface area contributed by atoms with Gasteiger partial charge in [0.05, 0.1) is 17.6 Å². The molecule has 0 bridgehead atoms. The van der Waals surface area contributed by atoms with Crippen molar-refractivity contribution < 1.29 is 27.2 Å². The first-order valence-corrected chi connectivity index (χ1v) is 13.5. The normalized spacial score (nSPS) is 24.6. The summed E-state index contributed by atoms with van der Waals surface area (Å²) in [5.41, 5.74) is 0.483. The highest BCUT2D eigenvalue weighted by Crippen LogP contribution is 2.42. The van der Waals surface area contributed by atoms with Crippen LogP contribution in [-0.4, -0.2) is 49.0 Å². The Morgan fingerprint density at radius 2 is 1.84 bits per heavy atom. The molecule has 1 saturated heterocycles. The topological polar surface area (TPSA) is 108 Å². The number of rotatable bonds is 8. The molecule has 2 heterocycles. The van der Waals surface area contributed by atoms with Crippen molar-refractivity contribution >= 4 is 21.6 Å². The molecule has 0 radical (unpaired) electrons. The van der Waals surface area contributed by atoms with Gasteiger partial charge in [-0.05, 0) is 58.8 Å². The Kier molecular flexibility index (Phi) is 6.98. The number of carbonyl (C=O) groups excluding carboxylic acids is 1. The van der Waals surface area contributed by atoms with Crippen LogP contribution in [0.1, 0.15) is 90.2 Å². The Morgan fingerprint density at radius 3 is 2.50 bits per heavy atom. The van der Waals surface area contributed by atoms with E-state index in [1.165, 1.54) is 13.8 Å². The van der Waals surface area contributed by atoms with Crippen molar-refractivity contribution in [2.75, 3.05) is 18.5 Å². The van der Waals surface area contributed by atoms with Crippen molar-refractivity contribution in [3.8, 4) is 0 Å². The molecule has 1 aromatic rings. The van der Waals surface area contributed by atoms with E-state index in [4.69, 9.17) is 14.0 Å². The molecule has 2 saturated carbocycles. The third-order valence-electron chi connectivity index (χ3n) is 7.53. The highest BCUT2D eigenvalue weighted by Gasteiger charge is 2.47. The van der Waals surface area contributed by atoms with E-state index in [2.05, 4.69) is 10.5 Å². The van der Waals surface area contributed by atoms with Crippen LogP contribution in [0.4, 0.5) is 5.88 Å². The molecule has 9 heteroatoms. The summed E-state index contributed by atoms with van der Waals surface area (Å²) >= 11 is 0. The summed E-state index contributed by atoms with van der Waals surface area (Å²) in [6, 6.07) is 1.73. The smallest absolute Gasteiger partial charge is 0.247 e. The monoisotopic (exact) mass is 468 g/mol. The van der Waals surface area contributed by atoms with Gasteiger partial charge in [0.2, 0.25) is 11.8 Å². The average Bonchev–Trinajstić information content (AvgIpc) is 3.55. The standard InChI is InChI=1S/C23H36N2O6S/c1-22(2,32(27,28)17-9-3-4-10-17)21(26)24-19-15-18(25-31-19)23(12-6-7-13-23)16-30-20-11-5-8-14-29-20/h15,17,20H,3-14,16H2,1-2H3,(H,24,26). The van der Waals surface area contributed by atoms with E-state index in [1.807, 2.05) is 0 Å². The molecular weight excluding hydrogens is 432 g/mol. The van der Waals surface area contributed by atoms with Gasteiger partial charge in [0.1, 0.15) is 4.75 Å². The van der Waals surface area contributed by atoms with Gasteiger partial charge in [-0.3, -0.25) is 10.1 Å². The zero-order valence-corrected chi connectivity index (χ0v) is 20.0. The molecule has 1 amide bonds. The summed E-state index contributed by atoms with van der Waals surface area (Å²) in [6.07, 6.45) is 9.97. The molecular formula is C23H36N2O6S. The van der Waals surface area contributed by atoms with Gasteiger partial charge in [-0.1, -0.05) is 30.8 Å². The lowest BCUT2D eigenvalue weighted by molar-refractivity contribution is -0.172. The lowest BCUT2D eigenvalue weighted by atomic mass is 9.83. The first kappa shape index (κ1) is 23.7. The van der Waals surface area contributed by atoms with Crippen LogP contribution in [0.3, 0.4) is 0 Å². The van der Waals surface area contributed by atoms with E-state index in [1.54, 1.807) is 6.07 Å². The molecule has 0 aromatic carbocycles. The lowest BCUT2D eigenvalue weighted by Crippen LogP contribution is -2.48. The summed E-state index contributed by atoms with van der Waals surface area (Å²) in [4.78, 5) is 13.0. The number of nitrogens with one attached hydrogen (secondary N) is 1. The number of ether oxygens (including phenoxy) is 2. The van der Waals surface area contributed by atoms with Gasteiger partial charge >= 0.3 is 0 Å². The Balaban J connectivity index is 1.44. The number of sulfone groups is 1. The third kappa shape index (κ3) is 4.61. The van der Waals surface area contributed by atoms with E-state index >= 15 is 0 Å². The van der Waals surface area contributed by atoms with Crippen LogP contribution in [0.2, 0.25) is 0 Å². The van der Waals surface area contributed by atoms with Gasteiger partial charge in [0.15, 0.2) is 16.1 Å². The fourth-order valence-corrected chi connectivity index (χ4v) is 7.31. The number of carbonyl (C=O) groups is 1. The minimum atomic E-state index is -3.61. The van der Waals surface area contributed by atoms with Crippen molar-refractivity contribution in [3.05, 3.63) is 11.8 Å². The van der Waals surface area contributed by atoms with Gasteiger partial charge in [0, 0.05) is 18.1 Å². The van der Waals surface area contributed by atoms with Gasteiger partial charge in [-0.25, -0.2) is 8.42 Å². The first-order valence-electron chi connectivity index (χ1n) is 12.0. The summed E-state index contributed by atoms with van der Waals surface area (Å²) in [7, 11) is -3.61. The highest BCUT2D eigenvalue weighted by molar-refractivity contribution is 7.94. The molecule has 1 aromatic heterocycles. The maximum Gasteiger partial charge on any atom is 0.247 e. The summed E-state index contributed by atoms with van der Waals surface area (Å²) in [6.45, 7) is 4.18. The Bertz CT molecular complexity index is 891. The summed E-state index contributed by atoms with van der Waals surface area (Å²) < 4.78 is 41.8.